The van der Waals surface area contributed by atoms with Crippen LogP contribution < -0.4 is 5.32 Å². The first-order valence-electron chi connectivity index (χ1n) is 7.82. The third-order valence-electron chi connectivity index (χ3n) is 3.90. The van der Waals surface area contributed by atoms with E-state index in [0.717, 1.165) is 22.3 Å². The number of nitroso groups, excluding NO2 is 1. The van der Waals surface area contributed by atoms with Gasteiger partial charge in [0.05, 0.1) is 17.3 Å². The fraction of sp³-hybridized carbons (Fsp3) is 0.167. The van der Waals surface area contributed by atoms with Crippen molar-refractivity contribution in [2.75, 3.05) is 11.9 Å². The lowest BCUT2D eigenvalue weighted by Crippen LogP contribution is -2.15. The number of phenolic OH excluding ortho intramolecular Hbond substituents is 1. The van der Waals surface area contributed by atoms with E-state index in [-0.39, 0.29) is 12.3 Å². The second kappa shape index (κ2) is 7.36. The van der Waals surface area contributed by atoms with Crippen molar-refractivity contribution < 1.29 is 5.11 Å². The number of pyridine rings is 1. The molecule has 0 aliphatic carbocycles. The van der Waals surface area contributed by atoms with Gasteiger partial charge in [-0.15, -0.1) is 4.91 Å². The standard InChI is InChI=1S/C18H17ClN4O2/c1-2-23(22-25)11-12-9-14(4-6-18(12)24)21-16-7-8-20-17-10-13(19)3-5-15(16)17/h3-10,24H,2,11H2,1H3,(H,20,21). The molecule has 6 nitrogen and oxygen atoms in total. The number of halogens is 1. The van der Waals surface area contributed by atoms with Crippen LogP contribution in [0.25, 0.3) is 10.9 Å². The largest absolute Gasteiger partial charge is 0.508 e. The first-order valence-corrected chi connectivity index (χ1v) is 8.20. The molecule has 25 heavy (non-hydrogen) atoms. The molecule has 1 aromatic heterocycles. The normalized spacial score (nSPS) is 10.6. The van der Waals surface area contributed by atoms with Gasteiger partial charge < -0.3 is 10.4 Å². The number of hydrogen-bond donors (Lipinski definition) is 2. The number of aromatic nitrogens is 1. The Morgan fingerprint density at radius 3 is 2.84 bits per heavy atom. The highest BCUT2D eigenvalue weighted by Gasteiger charge is 2.09. The summed E-state index contributed by atoms with van der Waals surface area (Å²) in [5.74, 6) is 0.124. The minimum absolute atomic E-state index is 0.124. The lowest BCUT2D eigenvalue weighted by molar-refractivity contribution is 0.286. The number of rotatable bonds is 6. The van der Waals surface area contributed by atoms with Crippen molar-refractivity contribution in [3.05, 3.63) is 64.2 Å². The number of phenols is 1. The SMILES string of the molecule is CCN(Cc1cc(Nc2ccnc3cc(Cl)ccc23)ccc1O)N=O. The minimum Gasteiger partial charge on any atom is -0.508 e. The molecule has 0 bridgehead atoms. The van der Waals surface area contributed by atoms with Crippen LogP contribution in [-0.2, 0) is 6.54 Å². The smallest absolute Gasteiger partial charge is 0.120 e. The van der Waals surface area contributed by atoms with Crippen LogP contribution in [0.3, 0.4) is 0 Å². The molecular weight excluding hydrogens is 340 g/mol. The highest BCUT2D eigenvalue weighted by atomic mass is 35.5. The number of hydrogen-bond acceptors (Lipinski definition) is 5. The van der Waals surface area contributed by atoms with E-state index in [4.69, 9.17) is 11.6 Å². The van der Waals surface area contributed by atoms with Crippen molar-refractivity contribution in [2.24, 2.45) is 5.29 Å². The van der Waals surface area contributed by atoms with Gasteiger partial charge in [0.15, 0.2) is 0 Å². The number of aromatic hydroxyl groups is 1. The molecule has 0 unspecified atom stereocenters. The van der Waals surface area contributed by atoms with Crippen LogP contribution in [0.15, 0.2) is 53.9 Å². The van der Waals surface area contributed by atoms with Crippen LogP contribution in [0.4, 0.5) is 11.4 Å². The van der Waals surface area contributed by atoms with E-state index in [1.807, 2.05) is 25.1 Å². The van der Waals surface area contributed by atoms with Gasteiger partial charge in [0.2, 0.25) is 0 Å². The predicted octanol–water partition coefficient (Wildman–Crippen LogP) is 4.84. The first kappa shape index (κ1) is 17.0. The van der Waals surface area contributed by atoms with E-state index in [9.17, 15) is 10.0 Å². The molecule has 0 fully saturated rings. The topological polar surface area (TPSA) is 77.8 Å². The fourth-order valence-corrected chi connectivity index (χ4v) is 2.74. The quantitative estimate of drug-likeness (QED) is 0.375. The molecular formula is C18H17ClN4O2. The Labute approximate surface area is 150 Å². The third-order valence-corrected chi connectivity index (χ3v) is 4.13. The summed E-state index contributed by atoms with van der Waals surface area (Å²) in [5.41, 5.74) is 3.07. The zero-order chi connectivity index (χ0) is 17.8. The second-order valence-electron chi connectivity index (χ2n) is 5.55. The number of benzene rings is 2. The monoisotopic (exact) mass is 356 g/mol. The Morgan fingerprint density at radius 1 is 1.24 bits per heavy atom. The molecule has 3 aromatic rings. The summed E-state index contributed by atoms with van der Waals surface area (Å²) in [6, 6.07) is 12.6. The van der Waals surface area contributed by atoms with Crippen LogP contribution in [0.1, 0.15) is 12.5 Å². The summed E-state index contributed by atoms with van der Waals surface area (Å²) >= 11 is 6.02. The summed E-state index contributed by atoms with van der Waals surface area (Å²) in [6.07, 6.45) is 1.71. The Balaban J connectivity index is 1.92. The molecule has 0 aliphatic rings. The van der Waals surface area contributed by atoms with Crippen LogP contribution in [0.5, 0.6) is 5.75 Å². The summed E-state index contributed by atoms with van der Waals surface area (Å²) < 4.78 is 0. The van der Waals surface area contributed by atoms with Crippen molar-refractivity contribution >= 4 is 33.9 Å². The van der Waals surface area contributed by atoms with Crippen LogP contribution >= 0.6 is 11.6 Å². The van der Waals surface area contributed by atoms with Gasteiger partial charge in [-0.3, -0.25) is 9.99 Å². The maximum absolute atomic E-state index is 10.8. The third kappa shape index (κ3) is 3.80. The maximum atomic E-state index is 10.8. The van der Waals surface area contributed by atoms with Crippen molar-refractivity contribution in [2.45, 2.75) is 13.5 Å². The highest BCUT2D eigenvalue weighted by Crippen LogP contribution is 2.29. The first-order chi connectivity index (χ1) is 12.1. The fourth-order valence-electron chi connectivity index (χ4n) is 2.57. The zero-order valence-corrected chi connectivity index (χ0v) is 14.4. The maximum Gasteiger partial charge on any atom is 0.120 e. The second-order valence-corrected chi connectivity index (χ2v) is 5.99. The molecule has 3 rings (SSSR count). The molecule has 7 heteroatoms. The minimum atomic E-state index is 0.124. The molecule has 0 aliphatic heterocycles. The van der Waals surface area contributed by atoms with Crippen molar-refractivity contribution in [1.82, 2.24) is 9.99 Å². The lowest BCUT2D eigenvalue weighted by atomic mass is 10.1. The zero-order valence-electron chi connectivity index (χ0n) is 13.6. The van der Waals surface area contributed by atoms with E-state index < -0.39 is 0 Å². The highest BCUT2D eigenvalue weighted by molar-refractivity contribution is 6.31. The Kier molecular flexibility index (Phi) is 5.00. The average Bonchev–Trinajstić information content (AvgIpc) is 2.62. The summed E-state index contributed by atoms with van der Waals surface area (Å²) in [4.78, 5) is 15.1. The molecule has 1 heterocycles. The van der Waals surface area contributed by atoms with Gasteiger partial charge in [0.1, 0.15) is 5.75 Å². The number of fused-ring (bicyclic) bond motifs is 1. The van der Waals surface area contributed by atoms with E-state index in [2.05, 4.69) is 15.6 Å². The van der Waals surface area contributed by atoms with Crippen LogP contribution in [0.2, 0.25) is 5.02 Å². The van der Waals surface area contributed by atoms with E-state index in [1.54, 1.807) is 30.5 Å². The van der Waals surface area contributed by atoms with Gasteiger partial charge in [0.25, 0.3) is 0 Å². The van der Waals surface area contributed by atoms with Crippen LogP contribution in [0, 0.1) is 4.91 Å². The van der Waals surface area contributed by atoms with Gasteiger partial charge in [-0.05, 0) is 49.4 Å². The van der Waals surface area contributed by atoms with Gasteiger partial charge in [0, 0.05) is 40.1 Å². The molecule has 0 atom stereocenters. The predicted molar refractivity (Wildman–Crippen MR) is 100 cm³/mol. The Hall–Kier alpha value is -2.86. The van der Waals surface area contributed by atoms with Gasteiger partial charge in [-0.1, -0.05) is 11.6 Å². The average molecular weight is 357 g/mol. The number of nitrogens with one attached hydrogen (secondary N) is 1. The van der Waals surface area contributed by atoms with E-state index in [0.29, 0.717) is 17.1 Å². The number of anilines is 2. The molecule has 128 valence electrons. The summed E-state index contributed by atoms with van der Waals surface area (Å²) in [5, 5.41) is 19.2. The van der Waals surface area contributed by atoms with E-state index >= 15 is 0 Å². The molecule has 0 radical (unpaired) electrons. The lowest BCUT2D eigenvalue weighted by Gasteiger charge is -2.15. The molecule has 2 aromatic carbocycles. The Bertz CT molecular complexity index is 917. The van der Waals surface area contributed by atoms with Crippen LogP contribution in [-0.4, -0.2) is 21.6 Å². The molecule has 0 amide bonds. The number of nitrogens with zero attached hydrogens (tertiary/aromatic N) is 3. The summed E-state index contributed by atoms with van der Waals surface area (Å²) in [7, 11) is 0. The van der Waals surface area contributed by atoms with Crippen molar-refractivity contribution in [3.8, 4) is 5.75 Å². The summed E-state index contributed by atoms with van der Waals surface area (Å²) in [6.45, 7) is 2.54. The molecule has 0 spiro atoms. The molecule has 0 saturated heterocycles. The van der Waals surface area contributed by atoms with E-state index in [1.165, 1.54) is 5.01 Å². The van der Waals surface area contributed by atoms with Crippen molar-refractivity contribution in [1.29, 1.82) is 0 Å². The molecule has 0 saturated carbocycles. The van der Waals surface area contributed by atoms with Gasteiger partial charge in [-0.25, -0.2) is 0 Å². The van der Waals surface area contributed by atoms with Crippen molar-refractivity contribution in [3.63, 3.8) is 0 Å². The molecule has 2 N–H and O–H groups in total. The van der Waals surface area contributed by atoms with Gasteiger partial charge in [-0.2, -0.15) is 0 Å². The van der Waals surface area contributed by atoms with Gasteiger partial charge >= 0.3 is 0 Å². The Morgan fingerprint density at radius 2 is 2.08 bits per heavy atom.